The van der Waals surface area contributed by atoms with Crippen LogP contribution in [0.3, 0.4) is 0 Å². The monoisotopic (exact) mass is 450 g/mol. The molecule has 1 amide bonds. The Morgan fingerprint density at radius 1 is 1.00 bits per heavy atom. The van der Waals surface area contributed by atoms with Gasteiger partial charge in [0.2, 0.25) is 0 Å². The first kappa shape index (κ1) is 21.1. The molecule has 0 radical (unpaired) electrons. The number of fused-ring (bicyclic) bond motifs is 1. The van der Waals surface area contributed by atoms with Gasteiger partial charge < -0.3 is 14.7 Å². The molecule has 7 nitrogen and oxygen atoms in total. The number of aromatic nitrogens is 3. The number of carbonyl (C=O) groups excluding carboxylic acids is 1. The predicted octanol–water partition coefficient (Wildman–Crippen LogP) is 3.90. The van der Waals surface area contributed by atoms with E-state index in [1.165, 1.54) is 11.3 Å². The van der Waals surface area contributed by atoms with Crippen molar-refractivity contribution in [1.82, 2.24) is 19.9 Å². The summed E-state index contributed by atoms with van der Waals surface area (Å²) in [6, 6.07) is 6.04. The Bertz CT molecular complexity index is 1110. The Morgan fingerprint density at radius 3 is 2.41 bits per heavy atom. The Kier molecular flexibility index (Phi) is 5.71. The van der Waals surface area contributed by atoms with Crippen LogP contribution >= 0.6 is 11.3 Å². The Labute approximate surface area is 193 Å². The topological polar surface area (TPSA) is 65.5 Å². The fourth-order valence-electron chi connectivity index (χ4n) is 4.70. The van der Waals surface area contributed by atoms with Gasteiger partial charge in [-0.1, -0.05) is 13.0 Å². The largest absolute Gasteiger partial charge is 0.353 e. The number of aryl methyl sites for hydroxylation is 2. The third kappa shape index (κ3) is 3.92. The summed E-state index contributed by atoms with van der Waals surface area (Å²) in [6.45, 7) is 11.5. The highest BCUT2D eigenvalue weighted by Crippen LogP contribution is 2.37. The van der Waals surface area contributed by atoms with Crippen molar-refractivity contribution in [2.45, 2.75) is 33.6 Å². The van der Waals surface area contributed by atoms with E-state index in [1.54, 1.807) is 0 Å². The second-order valence-electron chi connectivity index (χ2n) is 8.97. The van der Waals surface area contributed by atoms with Crippen LogP contribution in [-0.4, -0.2) is 65.0 Å². The van der Waals surface area contributed by atoms with Crippen LogP contribution in [0.5, 0.6) is 0 Å². The van der Waals surface area contributed by atoms with Crippen molar-refractivity contribution in [1.29, 1.82) is 0 Å². The number of rotatable bonds is 3. The summed E-state index contributed by atoms with van der Waals surface area (Å²) < 4.78 is 0. The molecule has 2 aliphatic heterocycles. The smallest absolute Gasteiger partial charge is 0.264 e. The normalized spacial score (nSPS) is 17.9. The summed E-state index contributed by atoms with van der Waals surface area (Å²) in [4.78, 5) is 35.8. The number of thiophene rings is 1. The molecule has 0 unspecified atom stereocenters. The minimum atomic E-state index is 0.154. The number of anilines is 2. The molecular formula is C24H30N6OS. The molecule has 2 aliphatic rings. The number of amides is 1. The van der Waals surface area contributed by atoms with Gasteiger partial charge >= 0.3 is 0 Å². The van der Waals surface area contributed by atoms with Crippen LogP contribution in [0.4, 0.5) is 11.6 Å². The van der Waals surface area contributed by atoms with Gasteiger partial charge in [0.05, 0.1) is 10.3 Å². The maximum absolute atomic E-state index is 13.3. The lowest BCUT2D eigenvalue weighted by Crippen LogP contribution is -2.47. The van der Waals surface area contributed by atoms with E-state index >= 15 is 0 Å². The van der Waals surface area contributed by atoms with Gasteiger partial charge in [0.1, 0.15) is 22.3 Å². The first-order valence-corrected chi connectivity index (χ1v) is 12.3. The average Bonchev–Trinajstić information content (AvgIpc) is 3.15. The van der Waals surface area contributed by atoms with E-state index in [4.69, 9.17) is 9.97 Å². The minimum absolute atomic E-state index is 0.154. The van der Waals surface area contributed by atoms with Crippen molar-refractivity contribution in [3.05, 3.63) is 40.7 Å². The zero-order valence-corrected chi connectivity index (χ0v) is 19.9. The highest BCUT2D eigenvalue weighted by molar-refractivity contribution is 7.20. The van der Waals surface area contributed by atoms with Gasteiger partial charge in [0, 0.05) is 45.5 Å². The first-order valence-electron chi connectivity index (χ1n) is 11.5. The molecule has 0 atom stereocenters. The number of likely N-dealkylation sites (tertiary alicyclic amines) is 1. The number of carbonyl (C=O) groups is 1. The van der Waals surface area contributed by atoms with E-state index in [2.05, 4.69) is 34.7 Å². The second kappa shape index (κ2) is 8.65. The second-order valence-corrected chi connectivity index (χ2v) is 9.97. The van der Waals surface area contributed by atoms with Crippen molar-refractivity contribution in [3.63, 3.8) is 0 Å². The molecule has 32 heavy (non-hydrogen) atoms. The maximum Gasteiger partial charge on any atom is 0.264 e. The summed E-state index contributed by atoms with van der Waals surface area (Å²) in [5.41, 5.74) is 1.02. The molecule has 5 heterocycles. The Morgan fingerprint density at radius 2 is 1.72 bits per heavy atom. The van der Waals surface area contributed by atoms with Crippen LogP contribution in [0, 0.1) is 19.8 Å². The Hall–Kier alpha value is -2.74. The van der Waals surface area contributed by atoms with Crippen molar-refractivity contribution in [2.24, 2.45) is 5.92 Å². The van der Waals surface area contributed by atoms with Crippen molar-refractivity contribution < 1.29 is 4.79 Å². The van der Waals surface area contributed by atoms with Crippen LogP contribution < -0.4 is 9.80 Å². The van der Waals surface area contributed by atoms with Crippen LogP contribution in [0.1, 0.15) is 40.8 Å². The van der Waals surface area contributed by atoms with Crippen molar-refractivity contribution in [3.8, 4) is 0 Å². The van der Waals surface area contributed by atoms with E-state index in [0.29, 0.717) is 5.92 Å². The fourth-order valence-corrected chi connectivity index (χ4v) is 5.89. The number of nitrogens with zero attached hydrogens (tertiary/aromatic N) is 6. The third-order valence-corrected chi connectivity index (χ3v) is 7.87. The molecule has 2 fully saturated rings. The number of piperazine rings is 1. The lowest BCUT2D eigenvalue weighted by atomic mass is 9.99. The summed E-state index contributed by atoms with van der Waals surface area (Å²) in [5, 5.41) is 1.04. The predicted molar refractivity (Wildman–Crippen MR) is 130 cm³/mol. The van der Waals surface area contributed by atoms with Gasteiger partial charge in [-0.05, 0) is 50.3 Å². The third-order valence-electron chi connectivity index (χ3n) is 6.70. The average molecular weight is 451 g/mol. The van der Waals surface area contributed by atoms with Gasteiger partial charge in [0.25, 0.3) is 5.91 Å². The van der Waals surface area contributed by atoms with Crippen LogP contribution in [-0.2, 0) is 0 Å². The molecular weight excluding hydrogens is 420 g/mol. The summed E-state index contributed by atoms with van der Waals surface area (Å²) in [7, 11) is 0. The lowest BCUT2D eigenvalue weighted by molar-refractivity contribution is 0.0701. The summed E-state index contributed by atoms with van der Waals surface area (Å²) in [5.74, 6) is 3.60. The van der Waals surface area contributed by atoms with Crippen LogP contribution in [0.15, 0.2) is 24.4 Å². The molecule has 168 valence electrons. The molecule has 3 aromatic heterocycles. The van der Waals surface area contributed by atoms with Crippen molar-refractivity contribution in [2.75, 3.05) is 49.1 Å². The fraction of sp³-hybridized carbons (Fsp3) is 0.500. The maximum atomic E-state index is 13.3. The standard InChI is InChI=1S/C24H30N6OS/c1-16-7-10-30(11-8-16)24(31)21-17(2)20-22(26-18(3)27-23(20)32-21)29-14-12-28(13-15-29)19-6-4-5-9-25-19/h4-6,9,16H,7-8,10-15H2,1-3H3. The zero-order chi connectivity index (χ0) is 22.2. The molecule has 8 heteroatoms. The summed E-state index contributed by atoms with van der Waals surface area (Å²) >= 11 is 1.53. The Balaban J connectivity index is 1.42. The molecule has 5 rings (SSSR count). The summed E-state index contributed by atoms with van der Waals surface area (Å²) in [6.07, 6.45) is 4.01. The van der Waals surface area contributed by atoms with E-state index in [9.17, 15) is 4.79 Å². The SMILES string of the molecule is Cc1nc(N2CCN(c3ccccn3)CC2)c2c(C)c(C(=O)N3CCC(C)CC3)sc2n1. The molecule has 0 N–H and O–H groups in total. The van der Waals surface area contributed by atoms with E-state index in [0.717, 1.165) is 90.2 Å². The molecule has 2 saturated heterocycles. The first-order chi connectivity index (χ1) is 15.5. The molecule has 0 aliphatic carbocycles. The molecule has 0 aromatic carbocycles. The van der Waals surface area contributed by atoms with Gasteiger partial charge in [-0.15, -0.1) is 11.3 Å². The minimum Gasteiger partial charge on any atom is -0.353 e. The number of hydrogen-bond acceptors (Lipinski definition) is 7. The van der Waals surface area contributed by atoms with Crippen molar-refractivity contribution >= 4 is 39.1 Å². The number of pyridine rings is 1. The molecule has 3 aromatic rings. The van der Waals surface area contributed by atoms with E-state index in [-0.39, 0.29) is 5.91 Å². The van der Waals surface area contributed by atoms with E-state index < -0.39 is 0 Å². The van der Waals surface area contributed by atoms with Gasteiger partial charge in [0.15, 0.2) is 0 Å². The number of hydrogen-bond donors (Lipinski definition) is 0. The lowest BCUT2D eigenvalue weighted by Gasteiger charge is -2.36. The zero-order valence-electron chi connectivity index (χ0n) is 19.0. The van der Waals surface area contributed by atoms with Gasteiger partial charge in [-0.25, -0.2) is 15.0 Å². The van der Waals surface area contributed by atoms with Crippen LogP contribution in [0.2, 0.25) is 0 Å². The highest BCUT2D eigenvalue weighted by atomic mass is 32.1. The highest BCUT2D eigenvalue weighted by Gasteiger charge is 2.28. The quantitative estimate of drug-likeness (QED) is 0.603. The molecule has 0 saturated carbocycles. The van der Waals surface area contributed by atoms with Gasteiger partial charge in [-0.2, -0.15) is 0 Å². The molecule has 0 spiro atoms. The van der Waals surface area contributed by atoms with Gasteiger partial charge in [-0.3, -0.25) is 4.79 Å². The molecule has 0 bridgehead atoms. The number of piperidine rings is 1. The van der Waals surface area contributed by atoms with Crippen LogP contribution in [0.25, 0.3) is 10.2 Å². The van der Waals surface area contributed by atoms with E-state index in [1.807, 2.05) is 30.2 Å².